The standard InChI is InChI=1S/C17H16N4O2/c1-12(19-17(23)13-7-3-2-4-8-13)16(22)20-21-11-18-14-9-5-6-10-15(14)21/h2-12H,1H3,(H,19,23)(H,20,22). The van der Waals surface area contributed by atoms with Crippen LogP contribution in [0.2, 0.25) is 0 Å². The van der Waals surface area contributed by atoms with Crippen LogP contribution in [0.1, 0.15) is 17.3 Å². The number of carbonyl (C=O) groups excluding carboxylic acids is 2. The predicted molar refractivity (Wildman–Crippen MR) is 87.5 cm³/mol. The molecule has 0 saturated carbocycles. The smallest absolute Gasteiger partial charge is 0.261 e. The van der Waals surface area contributed by atoms with E-state index in [1.54, 1.807) is 35.9 Å². The van der Waals surface area contributed by atoms with Gasteiger partial charge in [0.1, 0.15) is 12.4 Å². The van der Waals surface area contributed by atoms with Crippen LogP contribution in [0.5, 0.6) is 0 Å². The van der Waals surface area contributed by atoms with Crippen LogP contribution in [0.25, 0.3) is 11.0 Å². The highest BCUT2D eigenvalue weighted by Gasteiger charge is 2.17. The monoisotopic (exact) mass is 308 g/mol. The van der Waals surface area contributed by atoms with Crippen LogP contribution in [0, 0.1) is 0 Å². The van der Waals surface area contributed by atoms with Crippen molar-refractivity contribution in [1.82, 2.24) is 15.0 Å². The van der Waals surface area contributed by atoms with Crippen molar-refractivity contribution in [2.75, 3.05) is 5.43 Å². The number of para-hydroxylation sites is 2. The number of nitrogens with zero attached hydrogens (tertiary/aromatic N) is 2. The van der Waals surface area contributed by atoms with Gasteiger partial charge in [-0.2, -0.15) is 0 Å². The number of hydrogen-bond acceptors (Lipinski definition) is 3. The van der Waals surface area contributed by atoms with Gasteiger partial charge in [0, 0.05) is 5.56 Å². The Bertz CT molecular complexity index is 842. The largest absolute Gasteiger partial charge is 0.340 e. The van der Waals surface area contributed by atoms with Crippen molar-refractivity contribution >= 4 is 22.8 Å². The third-order valence-corrected chi connectivity index (χ3v) is 3.46. The third-order valence-electron chi connectivity index (χ3n) is 3.46. The van der Waals surface area contributed by atoms with Crippen LogP contribution in [0.15, 0.2) is 60.9 Å². The quantitative estimate of drug-likeness (QED) is 0.773. The Labute approximate surface area is 133 Å². The molecule has 3 rings (SSSR count). The minimum atomic E-state index is -0.677. The molecule has 0 saturated heterocycles. The van der Waals surface area contributed by atoms with E-state index in [0.717, 1.165) is 11.0 Å². The molecule has 1 aromatic heterocycles. The molecule has 0 radical (unpaired) electrons. The predicted octanol–water partition coefficient (Wildman–Crippen LogP) is 1.92. The summed E-state index contributed by atoms with van der Waals surface area (Å²) in [6.07, 6.45) is 1.54. The number of nitrogens with one attached hydrogen (secondary N) is 2. The third kappa shape index (κ3) is 3.21. The summed E-state index contributed by atoms with van der Waals surface area (Å²) in [6.45, 7) is 1.63. The molecule has 2 aromatic carbocycles. The number of fused-ring (bicyclic) bond motifs is 1. The Balaban J connectivity index is 1.67. The topological polar surface area (TPSA) is 76.0 Å². The lowest BCUT2D eigenvalue weighted by molar-refractivity contribution is -0.118. The number of amides is 2. The maximum absolute atomic E-state index is 12.2. The molecule has 0 spiro atoms. The Kier molecular flexibility index (Phi) is 4.05. The molecule has 23 heavy (non-hydrogen) atoms. The number of carbonyl (C=O) groups is 2. The lowest BCUT2D eigenvalue weighted by atomic mass is 10.2. The average Bonchev–Trinajstić information content (AvgIpc) is 2.98. The molecule has 6 heteroatoms. The second-order valence-electron chi connectivity index (χ2n) is 5.14. The van der Waals surface area contributed by atoms with Crippen LogP contribution in [0.3, 0.4) is 0 Å². The Morgan fingerprint density at radius 1 is 1.04 bits per heavy atom. The van der Waals surface area contributed by atoms with Crippen LogP contribution in [-0.2, 0) is 4.79 Å². The SMILES string of the molecule is CC(NC(=O)c1ccccc1)C(=O)Nn1cnc2ccccc21. The fourth-order valence-electron chi connectivity index (χ4n) is 2.20. The van der Waals surface area contributed by atoms with Crippen LogP contribution >= 0.6 is 0 Å². The van der Waals surface area contributed by atoms with Crippen molar-refractivity contribution in [2.24, 2.45) is 0 Å². The van der Waals surface area contributed by atoms with E-state index < -0.39 is 6.04 Å². The van der Waals surface area contributed by atoms with Crippen molar-refractivity contribution < 1.29 is 9.59 Å². The Morgan fingerprint density at radius 3 is 2.52 bits per heavy atom. The van der Waals surface area contributed by atoms with E-state index in [1.807, 2.05) is 30.3 Å². The molecule has 2 N–H and O–H groups in total. The van der Waals surface area contributed by atoms with Crippen molar-refractivity contribution in [3.8, 4) is 0 Å². The Hall–Kier alpha value is -3.15. The summed E-state index contributed by atoms with van der Waals surface area (Å²) in [4.78, 5) is 28.5. The summed E-state index contributed by atoms with van der Waals surface area (Å²) in [5.74, 6) is -0.610. The van der Waals surface area contributed by atoms with Crippen molar-refractivity contribution in [3.05, 3.63) is 66.5 Å². The minimum absolute atomic E-state index is 0.288. The molecule has 116 valence electrons. The summed E-state index contributed by atoms with van der Waals surface area (Å²) in [5, 5.41) is 2.67. The summed E-state index contributed by atoms with van der Waals surface area (Å²) >= 11 is 0. The van der Waals surface area contributed by atoms with Gasteiger partial charge in [0.15, 0.2) is 0 Å². The average molecular weight is 308 g/mol. The van der Waals surface area contributed by atoms with Crippen LogP contribution in [0.4, 0.5) is 0 Å². The number of imidazole rings is 1. The minimum Gasteiger partial charge on any atom is -0.340 e. The van der Waals surface area contributed by atoms with Gasteiger partial charge in [-0.3, -0.25) is 15.0 Å². The highest BCUT2D eigenvalue weighted by Crippen LogP contribution is 2.10. The molecule has 1 unspecified atom stereocenters. The van der Waals surface area contributed by atoms with Crippen molar-refractivity contribution in [2.45, 2.75) is 13.0 Å². The first-order valence-electron chi connectivity index (χ1n) is 7.24. The van der Waals surface area contributed by atoms with E-state index in [1.165, 1.54) is 6.33 Å². The summed E-state index contributed by atoms with van der Waals surface area (Å²) in [6, 6.07) is 15.6. The normalized spacial score (nSPS) is 11.9. The zero-order valence-corrected chi connectivity index (χ0v) is 12.6. The van der Waals surface area contributed by atoms with Gasteiger partial charge < -0.3 is 5.32 Å². The molecule has 0 fully saturated rings. The van der Waals surface area contributed by atoms with E-state index in [4.69, 9.17) is 0 Å². The fraction of sp³-hybridized carbons (Fsp3) is 0.118. The molecular weight excluding hydrogens is 292 g/mol. The number of hydrogen-bond donors (Lipinski definition) is 2. The van der Waals surface area contributed by atoms with E-state index in [-0.39, 0.29) is 11.8 Å². The summed E-state index contributed by atoms with van der Waals surface area (Å²) in [7, 11) is 0. The van der Waals surface area contributed by atoms with Crippen LogP contribution < -0.4 is 10.7 Å². The first-order chi connectivity index (χ1) is 11.1. The Morgan fingerprint density at radius 2 is 1.74 bits per heavy atom. The van der Waals surface area contributed by atoms with E-state index in [2.05, 4.69) is 15.7 Å². The summed E-state index contributed by atoms with van der Waals surface area (Å²) in [5.41, 5.74) is 4.82. The van der Waals surface area contributed by atoms with Gasteiger partial charge in [-0.05, 0) is 31.2 Å². The molecular formula is C17H16N4O2. The van der Waals surface area contributed by atoms with E-state index in [0.29, 0.717) is 5.56 Å². The second kappa shape index (κ2) is 6.31. The lowest BCUT2D eigenvalue weighted by Gasteiger charge is -2.15. The van der Waals surface area contributed by atoms with E-state index >= 15 is 0 Å². The lowest BCUT2D eigenvalue weighted by Crippen LogP contribution is -2.43. The number of benzene rings is 2. The van der Waals surface area contributed by atoms with E-state index in [9.17, 15) is 9.59 Å². The maximum Gasteiger partial charge on any atom is 0.261 e. The highest BCUT2D eigenvalue weighted by molar-refractivity contribution is 5.99. The molecule has 3 aromatic rings. The molecule has 0 aliphatic heterocycles. The molecule has 2 amide bonds. The van der Waals surface area contributed by atoms with Gasteiger partial charge in [0.2, 0.25) is 0 Å². The second-order valence-corrected chi connectivity index (χ2v) is 5.14. The highest BCUT2D eigenvalue weighted by atomic mass is 16.2. The number of aromatic nitrogens is 2. The molecule has 6 nitrogen and oxygen atoms in total. The molecule has 1 atom stereocenters. The summed E-state index contributed by atoms with van der Waals surface area (Å²) < 4.78 is 1.54. The first kappa shape index (κ1) is 14.8. The van der Waals surface area contributed by atoms with Gasteiger partial charge in [-0.25, -0.2) is 9.66 Å². The molecule has 0 aliphatic carbocycles. The maximum atomic E-state index is 12.2. The zero-order chi connectivity index (χ0) is 16.2. The van der Waals surface area contributed by atoms with Gasteiger partial charge >= 0.3 is 0 Å². The first-order valence-corrected chi connectivity index (χ1v) is 7.24. The van der Waals surface area contributed by atoms with Gasteiger partial charge in [-0.1, -0.05) is 30.3 Å². The zero-order valence-electron chi connectivity index (χ0n) is 12.6. The van der Waals surface area contributed by atoms with Crippen molar-refractivity contribution in [3.63, 3.8) is 0 Å². The van der Waals surface area contributed by atoms with Crippen LogP contribution in [-0.4, -0.2) is 27.5 Å². The van der Waals surface area contributed by atoms with Crippen molar-refractivity contribution in [1.29, 1.82) is 0 Å². The molecule has 1 heterocycles. The molecule has 0 bridgehead atoms. The fourth-order valence-corrected chi connectivity index (χ4v) is 2.20. The van der Waals surface area contributed by atoms with Gasteiger partial charge in [-0.15, -0.1) is 0 Å². The van der Waals surface area contributed by atoms with Gasteiger partial charge in [0.05, 0.1) is 11.0 Å². The molecule has 0 aliphatic rings. The van der Waals surface area contributed by atoms with Gasteiger partial charge in [0.25, 0.3) is 11.8 Å². The number of rotatable bonds is 4.